The summed E-state index contributed by atoms with van der Waals surface area (Å²) in [7, 11) is 0. The van der Waals surface area contributed by atoms with Gasteiger partial charge in [-0.1, -0.05) is 0 Å². The molecule has 0 saturated carbocycles. The minimum absolute atomic E-state index is 0.262. The molecular formula is C9H6ClFI2N3-. The van der Waals surface area contributed by atoms with Crippen molar-refractivity contribution in [2.24, 2.45) is 0 Å². The van der Waals surface area contributed by atoms with Crippen LogP contribution >= 0.6 is 30.2 Å². The molecule has 0 aliphatic heterocycles. The summed E-state index contributed by atoms with van der Waals surface area (Å²) in [6, 6.07) is 3.30. The summed E-state index contributed by atoms with van der Waals surface area (Å²) >= 11 is 8.15. The standard InChI is InChI=1S/C9H6ClFI2N3/c1-5-7(10)8(15-16(5)13-12)6-3-2-4-14-9(6)11/h2-4H,1H3/q-1. The third-order valence-corrected chi connectivity index (χ3v) is 6.12. The van der Waals surface area contributed by atoms with Gasteiger partial charge in [0.2, 0.25) is 0 Å². The number of halogens is 4. The normalized spacial score (nSPS) is 11.0. The fourth-order valence-electron chi connectivity index (χ4n) is 1.26. The van der Waals surface area contributed by atoms with Crippen LogP contribution in [0.4, 0.5) is 4.39 Å². The van der Waals surface area contributed by atoms with E-state index in [1.807, 2.05) is 9.82 Å². The Morgan fingerprint density at radius 1 is 1.56 bits per heavy atom. The van der Waals surface area contributed by atoms with Crippen molar-refractivity contribution in [3.05, 3.63) is 35.0 Å². The molecule has 2 aromatic heterocycles. The number of hydrogen-bond donors (Lipinski definition) is 0. The molecule has 0 amide bonds. The van der Waals surface area contributed by atoms with Crippen LogP contribution in [0.2, 0.25) is 5.02 Å². The Morgan fingerprint density at radius 3 is 2.88 bits per heavy atom. The van der Waals surface area contributed by atoms with Gasteiger partial charge < -0.3 is 0 Å². The summed E-state index contributed by atoms with van der Waals surface area (Å²) in [5.41, 5.74) is 1.70. The molecule has 86 valence electrons. The fraction of sp³-hybridized carbons (Fsp3) is 0.111. The molecule has 0 fully saturated rings. The van der Waals surface area contributed by atoms with Crippen molar-refractivity contribution in [1.29, 1.82) is 0 Å². The number of pyridine rings is 1. The molecule has 0 N–H and O–H groups in total. The Bertz CT molecular complexity index is 529. The van der Waals surface area contributed by atoms with E-state index in [2.05, 4.69) is 28.7 Å². The summed E-state index contributed by atoms with van der Waals surface area (Å²) < 4.78 is 15.3. The van der Waals surface area contributed by atoms with Crippen molar-refractivity contribution in [1.82, 2.24) is 13.0 Å². The Morgan fingerprint density at radius 2 is 2.31 bits per heavy atom. The zero-order chi connectivity index (χ0) is 11.7. The second-order valence-corrected chi connectivity index (χ2v) is 7.12. The van der Waals surface area contributed by atoms with Gasteiger partial charge in [-0.05, 0) is 0 Å². The van der Waals surface area contributed by atoms with Crippen molar-refractivity contribution in [2.45, 2.75) is 6.92 Å². The molecule has 7 heteroatoms. The first-order valence-electron chi connectivity index (χ1n) is 4.27. The average molecular weight is 464 g/mol. The van der Waals surface area contributed by atoms with Crippen LogP contribution in [0, 0.1) is 12.9 Å². The average Bonchev–Trinajstić information content (AvgIpc) is 2.57. The molecule has 3 nitrogen and oxygen atoms in total. The van der Waals surface area contributed by atoms with E-state index in [0.717, 1.165) is 5.69 Å². The monoisotopic (exact) mass is 464 g/mol. The summed E-state index contributed by atoms with van der Waals surface area (Å²) in [6.07, 6.45) is 1.40. The topological polar surface area (TPSA) is 30.7 Å². The van der Waals surface area contributed by atoms with E-state index < -0.39 is 5.95 Å². The third kappa shape index (κ3) is 2.19. The summed E-state index contributed by atoms with van der Waals surface area (Å²) in [4.78, 5) is 3.59. The number of aromatic nitrogens is 3. The minimum atomic E-state index is -0.541. The van der Waals surface area contributed by atoms with Gasteiger partial charge in [0.15, 0.2) is 0 Å². The third-order valence-electron chi connectivity index (χ3n) is 2.06. The van der Waals surface area contributed by atoms with Crippen LogP contribution in [-0.2, 0) is 0 Å². The molecule has 2 aromatic rings. The zero-order valence-corrected chi connectivity index (χ0v) is 13.2. The predicted molar refractivity (Wildman–Crippen MR) is 64.6 cm³/mol. The van der Waals surface area contributed by atoms with Crippen LogP contribution in [0.3, 0.4) is 0 Å². The van der Waals surface area contributed by atoms with Crippen LogP contribution in [0.5, 0.6) is 0 Å². The van der Waals surface area contributed by atoms with E-state index >= 15 is 0 Å². The molecule has 2 rings (SSSR count). The van der Waals surface area contributed by atoms with Crippen LogP contribution in [-0.4, -0.2) is 13.0 Å². The van der Waals surface area contributed by atoms with Crippen molar-refractivity contribution in [3.8, 4) is 11.3 Å². The van der Waals surface area contributed by atoms with Gasteiger partial charge in [-0.25, -0.2) is 0 Å². The Balaban J connectivity index is 2.61. The molecule has 0 aromatic carbocycles. The fourth-order valence-corrected chi connectivity index (χ4v) is 4.81. The molecule has 0 radical (unpaired) electrons. The molecule has 0 bridgehead atoms. The van der Waals surface area contributed by atoms with Crippen molar-refractivity contribution in [2.75, 3.05) is 0 Å². The van der Waals surface area contributed by atoms with E-state index in [1.165, 1.54) is 6.20 Å². The Labute approximate surface area is 117 Å². The summed E-state index contributed by atoms with van der Waals surface area (Å²) in [5.74, 6) is -0.541. The van der Waals surface area contributed by atoms with E-state index in [1.54, 1.807) is 12.1 Å². The molecule has 0 atom stereocenters. The SMILES string of the molecule is Cc1c(Cl)c(-c2cccnc2F)nn1[I-]I. The van der Waals surface area contributed by atoms with Crippen molar-refractivity contribution in [3.63, 3.8) is 0 Å². The van der Waals surface area contributed by atoms with Gasteiger partial charge in [0.25, 0.3) is 0 Å². The van der Waals surface area contributed by atoms with Gasteiger partial charge in [0, 0.05) is 0 Å². The van der Waals surface area contributed by atoms with Crippen LogP contribution in [0.25, 0.3) is 11.3 Å². The second-order valence-electron chi connectivity index (χ2n) is 3.01. The van der Waals surface area contributed by atoms with Gasteiger partial charge in [-0.2, -0.15) is 0 Å². The summed E-state index contributed by atoms with van der Waals surface area (Å²) in [6.45, 7) is 1.88. The van der Waals surface area contributed by atoms with E-state index in [0.29, 0.717) is 16.3 Å². The molecular weight excluding hydrogens is 458 g/mol. The molecule has 0 unspecified atom stereocenters. The molecule has 2 heterocycles. The molecule has 16 heavy (non-hydrogen) atoms. The first-order valence-corrected chi connectivity index (χ1v) is 11.9. The first kappa shape index (κ1) is 12.5. The number of nitrogens with zero attached hydrogens (tertiary/aromatic N) is 3. The molecule has 0 saturated heterocycles. The zero-order valence-electron chi connectivity index (χ0n) is 8.09. The summed E-state index contributed by atoms with van der Waals surface area (Å²) in [5, 5.41) is 4.81. The van der Waals surface area contributed by atoms with Crippen LogP contribution < -0.4 is 17.5 Å². The van der Waals surface area contributed by atoms with E-state index in [9.17, 15) is 4.39 Å². The quantitative estimate of drug-likeness (QED) is 0.472. The maximum atomic E-state index is 13.5. The van der Waals surface area contributed by atoms with E-state index in [4.69, 9.17) is 11.6 Å². The van der Waals surface area contributed by atoms with Gasteiger partial charge in [-0.3, -0.25) is 0 Å². The van der Waals surface area contributed by atoms with Crippen molar-refractivity contribution < 1.29 is 21.9 Å². The number of hydrogen-bond acceptors (Lipinski definition) is 2. The number of rotatable bonds is 2. The molecule has 0 aliphatic rings. The maximum absolute atomic E-state index is 13.5. The van der Waals surface area contributed by atoms with Gasteiger partial charge >= 0.3 is 118 Å². The first-order chi connectivity index (χ1) is 7.65. The molecule has 0 aliphatic carbocycles. The van der Waals surface area contributed by atoms with Crippen LogP contribution in [0.1, 0.15) is 5.69 Å². The predicted octanol–water partition coefficient (Wildman–Crippen LogP) is 0.248. The van der Waals surface area contributed by atoms with Gasteiger partial charge in [0.1, 0.15) is 0 Å². The van der Waals surface area contributed by atoms with E-state index in [-0.39, 0.29) is 17.5 Å². The van der Waals surface area contributed by atoms with Gasteiger partial charge in [0.05, 0.1) is 0 Å². The van der Waals surface area contributed by atoms with Crippen molar-refractivity contribution >= 4 is 30.2 Å². The Hall–Kier alpha value is 0.0400. The van der Waals surface area contributed by atoms with Gasteiger partial charge in [-0.15, -0.1) is 0 Å². The molecule has 0 spiro atoms. The Kier molecular flexibility index (Phi) is 4.01. The van der Waals surface area contributed by atoms with Crippen LogP contribution in [0.15, 0.2) is 18.3 Å². The second kappa shape index (κ2) is 5.13.